The Bertz CT molecular complexity index is 528. The van der Waals surface area contributed by atoms with Gasteiger partial charge >= 0.3 is 0 Å². The van der Waals surface area contributed by atoms with Crippen LogP contribution in [0.1, 0.15) is 24.9 Å². The van der Waals surface area contributed by atoms with Crippen LogP contribution in [0.15, 0.2) is 48.0 Å². The zero-order chi connectivity index (χ0) is 17.9. The maximum absolute atomic E-state index is 4.66. The first kappa shape index (κ1) is 19.5. The Morgan fingerprint density at radius 3 is 2.80 bits per heavy atom. The topological polar surface area (TPSA) is 42.9 Å². The van der Waals surface area contributed by atoms with E-state index in [2.05, 4.69) is 76.3 Å². The smallest absolute Gasteiger partial charge is 0.191 e. The zero-order valence-corrected chi connectivity index (χ0v) is 15.7. The summed E-state index contributed by atoms with van der Waals surface area (Å²) in [5.74, 6) is 0.875. The van der Waals surface area contributed by atoms with E-state index in [1.54, 1.807) is 0 Å². The SMILES string of the molecule is C=CCNC(=NCCCN1CCN(C)CC1c1ccccc1)NCC. The normalized spacial score (nSPS) is 19.6. The van der Waals surface area contributed by atoms with Crippen LogP contribution in [0.5, 0.6) is 0 Å². The van der Waals surface area contributed by atoms with Crippen molar-refractivity contribution in [3.05, 3.63) is 48.6 Å². The van der Waals surface area contributed by atoms with Crippen LogP contribution in [-0.2, 0) is 0 Å². The number of piperazine rings is 1. The minimum atomic E-state index is 0.482. The molecule has 1 heterocycles. The van der Waals surface area contributed by atoms with E-state index in [4.69, 9.17) is 0 Å². The molecule has 1 unspecified atom stereocenters. The molecular weight excluding hydrogens is 310 g/mol. The molecule has 0 bridgehead atoms. The lowest BCUT2D eigenvalue weighted by Crippen LogP contribution is -2.47. The lowest BCUT2D eigenvalue weighted by Gasteiger charge is -2.40. The fourth-order valence-corrected chi connectivity index (χ4v) is 3.19. The quantitative estimate of drug-likeness (QED) is 0.328. The van der Waals surface area contributed by atoms with E-state index in [0.29, 0.717) is 6.04 Å². The molecule has 0 amide bonds. The number of hydrogen-bond acceptors (Lipinski definition) is 3. The second kappa shape index (κ2) is 10.9. The van der Waals surface area contributed by atoms with Gasteiger partial charge in [0.1, 0.15) is 0 Å². The van der Waals surface area contributed by atoms with E-state index >= 15 is 0 Å². The first-order chi connectivity index (χ1) is 12.2. The molecule has 5 nitrogen and oxygen atoms in total. The Morgan fingerprint density at radius 2 is 2.08 bits per heavy atom. The largest absolute Gasteiger partial charge is 0.357 e. The maximum Gasteiger partial charge on any atom is 0.191 e. The van der Waals surface area contributed by atoms with Gasteiger partial charge in [-0.2, -0.15) is 0 Å². The van der Waals surface area contributed by atoms with Crippen LogP contribution in [0.4, 0.5) is 0 Å². The minimum absolute atomic E-state index is 0.482. The molecule has 2 rings (SSSR count). The third-order valence-electron chi connectivity index (χ3n) is 4.51. The Morgan fingerprint density at radius 1 is 1.28 bits per heavy atom. The van der Waals surface area contributed by atoms with Gasteiger partial charge in [-0.25, -0.2) is 0 Å². The summed E-state index contributed by atoms with van der Waals surface area (Å²) in [5, 5.41) is 6.52. The van der Waals surface area contributed by atoms with Crippen molar-refractivity contribution in [2.75, 3.05) is 52.9 Å². The molecule has 2 N–H and O–H groups in total. The number of nitrogens with zero attached hydrogens (tertiary/aromatic N) is 3. The maximum atomic E-state index is 4.66. The predicted octanol–water partition coefficient (Wildman–Crippen LogP) is 2.11. The van der Waals surface area contributed by atoms with Crippen molar-refractivity contribution >= 4 is 5.96 Å². The highest BCUT2D eigenvalue weighted by atomic mass is 15.3. The average molecular weight is 344 g/mol. The molecule has 138 valence electrons. The van der Waals surface area contributed by atoms with Crippen molar-refractivity contribution in [1.82, 2.24) is 20.4 Å². The van der Waals surface area contributed by atoms with Crippen LogP contribution in [0, 0.1) is 0 Å². The van der Waals surface area contributed by atoms with Crippen molar-refractivity contribution in [3.8, 4) is 0 Å². The van der Waals surface area contributed by atoms with Gasteiger partial charge in [0.15, 0.2) is 5.96 Å². The van der Waals surface area contributed by atoms with Crippen LogP contribution < -0.4 is 10.6 Å². The molecule has 1 saturated heterocycles. The van der Waals surface area contributed by atoms with Gasteiger partial charge in [0.05, 0.1) is 0 Å². The van der Waals surface area contributed by atoms with Gasteiger partial charge < -0.3 is 15.5 Å². The highest BCUT2D eigenvalue weighted by Crippen LogP contribution is 2.24. The lowest BCUT2D eigenvalue weighted by atomic mass is 10.0. The summed E-state index contributed by atoms with van der Waals surface area (Å²) in [6.07, 6.45) is 2.92. The number of benzene rings is 1. The molecule has 1 aromatic rings. The third-order valence-corrected chi connectivity index (χ3v) is 4.51. The van der Waals surface area contributed by atoms with E-state index in [1.807, 2.05) is 6.08 Å². The van der Waals surface area contributed by atoms with Gasteiger partial charge in [-0.15, -0.1) is 6.58 Å². The molecular formula is C20H33N5. The average Bonchev–Trinajstić information content (AvgIpc) is 2.64. The first-order valence-electron chi connectivity index (χ1n) is 9.35. The Labute approximate surface area is 152 Å². The number of guanidine groups is 1. The monoisotopic (exact) mass is 343 g/mol. The first-order valence-corrected chi connectivity index (χ1v) is 9.35. The number of hydrogen-bond donors (Lipinski definition) is 2. The summed E-state index contributed by atoms with van der Waals surface area (Å²) in [7, 11) is 2.21. The van der Waals surface area contributed by atoms with E-state index in [9.17, 15) is 0 Å². The number of nitrogens with one attached hydrogen (secondary N) is 2. The molecule has 25 heavy (non-hydrogen) atoms. The molecule has 1 fully saturated rings. The standard InChI is InChI=1S/C20H33N5/c1-4-12-22-20(21-5-2)23-13-9-14-25-16-15-24(3)17-19(25)18-10-7-6-8-11-18/h4,6-8,10-11,19H,1,5,9,12-17H2,2-3H3,(H2,21,22,23). The third kappa shape index (κ3) is 6.52. The molecule has 0 aliphatic carbocycles. The number of likely N-dealkylation sites (N-methyl/N-ethyl adjacent to an activating group) is 1. The summed E-state index contributed by atoms with van der Waals surface area (Å²) < 4.78 is 0. The molecule has 1 aromatic carbocycles. The highest BCUT2D eigenvalue weighted by molar-refractivity contribution is 5.79. The number of aliphatic imine (C=N–C) groups is 1. The van der Waals surface area contributed by atoms with Gasteiger partial charge in [0.2, 0.25) is 0 Å². The predicted molar refractivity (Wildman–Crippen MR) is 107 cm³/mol. The van der Waals surface area contributed by atoms with Gasteiger partial charge in [-0.1, -0.05) is 36.4 Å². The van der Waals surface area contributed by atoms with Gasteiger partial charge in [0.25, 0.3) is 0 Å². The molecule has 0 radical (unpaired) electrons. The van der Waals surface area contributed by atoms with Crippen molar-refractivity contribution in [2.45, 2.75) is 19.4 Å². The summed E-state index contributed by atoms with van der Waals surface area (Å²) in [5.41, 5.74) is 1.42. The summed E-state index contributed by atoms with van der Waals surface area (Å²) in [6.45, 7) is 12.7. The van der Waals surface area contributed by atoms with E-state index in [-0.39, 0.29) is 0 Å². The van der Waals surface area contributed by atoms with Gasteiger partial charge in [-0.3, -0.25) is 9.89 Å². The van der Waals surface area contributed by atoms with Crippen molar-refractivity contribution in [1.29, 1.82) is 0 Å². The second-order valence-electron chi connectivity index (χ2n) is 6.51. The molecule has 0 saturated carbocycles. The Kier molecular flexibility index (Phi) is 8.49. The zero-order valence-electron chi connectivity index (χ0n) is 15.7. The van der Waals surface area contributed by atoms with Gasteiger partial charge in [0, 0.05) is 51.9 Å². The van der Waals surface area contributed by atoms with Crippen LogP contribution in [0.3, 0.4) is 0 Å². The molecule has 1 atom stereocenters. The van der Waals surface area contributed by atoms with Gasteiger partial charge in [-0.05, 0) is 26.0 Å². The Balaban J connectivity index is 1.87. The van der Waals surface area contributed by atoms with Crippen LogP contribution in [0.25, 0.3) is 0 Å². The van der Waals surface area contributed by atoms with Crippen molar-refractivity contribution in [2.24, 2.45) is 4.99 Å². The molecule has 0 spiro atoms. The highest BCUT2D eigenvalue weighted by Gasteiger charge is 2.25. The number of rotatable bonds is 8. The van der Waals surface area contributed by atoms with E-state index in [1.165, 1.54) is 5.56 Å². The lowest BCUT2D eigenvalue weighted by molar-refractivity contribution is 0.0894. The minimum Gasteiger partial charge on any atom is -0.357 e. The van der Waals surface area contributed by atoms with Crippen molar-refractivity contribution in [3.63, 3.8) is 0 Å². The summed E-state index contributed by atoms with van der Waals surface area (Å²) in [4.78, 5) is 9.69. The van der Waals surface area contributed by atoms with Crippen LogP contribution in [-0.4, -0.2) is 68.6 Å². The molecule has 1 aliphatic rings. The van der Waals surface area contributed by atoms with Crippen molar-refractivity contribution < 1.29 is 0 Å². The summed E-state index contributed by atoms with van der Waals surface area (Å²) >= 11 is 0. The van der Waals surface area contributed by atoms with E-state index in [0.717, 1.165) is 58.2 Å². The molecule has 1 aliphatic heterocycles. The Hall–Kier alpha value is -1.85. The molecule has 5 heteroatoms. The summed E-state index contributed by atoms with van der Waals surface area (Å²) in [6, 6.07) is 11.3. The van der Waals surface area contributed by atoms with E-state index < -0.39 is 0 Å². The van der Waals surface area contributed by atoms with Crippen LogP contribution in [0.2, 0.25) is 0 Å². The van der Waals surface area contributed by atoms with Crippen LogP contribution >= 0.6 is 0 Å². The molecule has 0 aromatic heterocycles. The fourth-order valence-electron chi connectivity index (χ4n) is 3.19. The fraction of sp³-hybridized carbons (Fsp3) is 0.550. The second-order valence-corrected chi connectivity index (χ2v) is 6.51.